The van der Waals surface area contributed by atoms with Crippen molar-refractivity contribution in [2.45, 2.75) is 18.5 Å². The minimum Gasteiger partial charge on any atom is -0.493 e. The molecule has 0 aliphatic heterocycles. The lowest BCUT2D eigenvalue weighted by Gasteiger charge is -2.12. The molecule has 0 aliphatic rings. The molecule has 5 aromatic rings. The Morgan fingerprint density at radius 1 is 0.906 bits per heavy atom. The van der Waals surface area contributed by atoms with E-state index >= 15 is 0 Å². The van der Waals surface area contributed by atoms with Crippen molar-refractivity contribution in [2.24, 2.45) is 0 Å². The van der Waals surface area contributed by atoms with Crippen LogP contribution in [0.15, 0.2) is 88.8 Å². The number of ether oxygens (including phenoxy) is 1. The first kappa shape index (κ1) is 20.3. The molecule has 0 saturated heterocycles. The SMILES string of the molecule is CCc1ccc(-n2c(=O)c3ccccc3n3c(SCCOc4ccccc4)nnc23)cc1. The number of aryl methyl sites for hydroxylation is 1. The average molecular weight is 443 g/mol. The van der Waals surface area contributed by atoms with Crippen molar-refractivity contribution in [2.75, 3.05) is 12.4 Å². The normalized spacial score (nSPS) is 11.3. The van der Waals surface area contributed by atoms with Gasteiger partial charge in [-0.3, -0.25) is 9.20 Å². The zero-order valence-electron chi connectivity index (χ0n) is 17.6. The number of hydrogen-bond donors (Lipinski definition) is 0. The second-order valence-electron chi connectivity index (χ2n) is 7.31. The van der Waals surface area contributed by atoms with Gasteiger partial charge in [-0.05, 0) is 48.4 Å². The van der Waals surface area contributed by atoms with E-state index in [1.165, 1.54) is 5.56 Å². The van der Waals surface area contributed by atoms with Crippen LogP contribution in [0.4, 0.5) is 0 Å². The molecule has 7 heteroatoms. The molecule has 0 unspecified atom stereocenters. The van der Waals surface area contributed by atoms with E-state index in [9.17, 15) is 4.79 Å². The minimum absolute atomic E-state index is 0.103. The van der Waals surface area contributed by atoms with Crippen LogP contribution in [-0.4, -0.2) is 31.5 Å². The van der Waals surface area contributed by atoms with Crippen LogP contribution in [0.3, 0.4) is 0 Å². The predicted molar refractivity (Wildman–Crippen MR) is 128 cm³/mol. The van der Waals surface area contributed by atoms with E-state index in [2.05, 4.69) is 17.1 Å². The summed E-state index contributed by atoms with van der Waals surface area (Å²) >= 11 is 1.56. The van der Waals surface area contributed by atoms with Crippen LogP contribution >= 0.6 is 11.8 Å². The number of benzene rings is 3. The van der Waals surface area contributed by atoms with Crippen molar-refractivity contribution < 1.29 is 4.74 Å². The molecule has 2 heterocycles. The highest BCUT2D eigenvalue weighted by atomic mass is 32.2. The molecule has 0 saturated carbocycles. The van der Waals surface area contributed by atoms with Crippen LogP contribution in [-0.2, 0) is 6.42 Å². The molecule has 0 atom stereocenters. The first-order valence-electron chi connectivity index (χ1n) is 10.5. The average Bonchev–Trinajstić information content (AvgIpc) is 3.27. The predicted octanol–water partition coefficient (Wildman–Crippen LogP) is 4.77. The number of nitrogens with zero attached hydrogens (tertiary/aromatic N) is 4. The van der Waals surface area contributed by atoms with Crippen LogP contribution in [0.5, 0.6) is 5.75 Å². The largest absolute Gasteiger partial charge is 0.493 e. The molecule has 32 heavy (non-hydrogen) atoms. The van der Waals surface area contributed by atoms with Gasteiger partial charge in [0.25, 0.3) is 5.56 Å². The Hall–Kier alpha value is -3.58. The molecule has 0 bridgehead atoms. The van der Waals surface area contributed by atoms with Gasteiger partial charge in [-0.2, -0.15) is 0 Å². The summed E-state index contributed by atoms with van der Waals surface area (Å²) in [6, 6.07) is 25.3. The molecular formula is C25H22N4O2S. The summed E-state index contributed by atoms with van der Waals surface area (Å²) in [5.41, 5.74) is 2.69. The number of fused-ring (bicyclic) bond motifs is 3. The summed E-state index contributed by atoms with van der Waals surface area (Å²) in [5, 5.41) is 10.2. The van der Waals surface area contributed by atoms with Crippen molar-refractivity contribution in [1.29, 1.82) is 0 Å². The molecule has 2 aromatic heterocycles. The Morgan fingerprint density at radius 3 is 2.44 bits per heavy atom. The first-order chi connectivity index (χ1) is 15.8. The Labute approximate surface area is 189 Å². The van der Waals surface area contributed by atoms with Gasteiger partial charge < -0.3 is 4.74 Å². The standard InChI is InChI=1S/C25H22N4O2S/c1-2-18-12-14-19(15-13-18)28-23(30)21-10-6-7-11-22(21)29-24(28)26-27-25(29)32-17-16-31-20-8-4-3-5-9-20/h3-15H,2,16-17H2,1H3. The van der Waals surface area contributed by atoms with E-state index in [-0.39, 0.29) is 5.56 Å². The number of aromatic nitrogens is 4. The van der Waals surface area contributed by atoms with Gasteiger partial charge in [0, 0.05) is 5.75 Å². The molecule has 0 spiro atoms. The van der Waals surface area contributed by atoms with Crippen molar-refractivity contribution in [3.63, 3.8) is 0 Å². The lowest BCUT2D eigenvalue weighted by atomic mass is 10.1. The number of para-hydroxylation sites is 2. The van der Waals surface area contributed by atoms with Gasteiger partial charge in [0.1, 0.15) is 5.75 Å². The number of thioether (sulfide) groups is 1. The van der Waals surface area contributed by atoms with Gasteiger partial charge in [0.05, 0.1) is 23.2 Å². The van der Waals surface area contributed by atoms with E-state index in [0.717, 1.165) is 28.5 Å². The van der Waals surface area contributed by atoms with Gasteiger partial charge in [-0.25, -0.2) is 4.57 Å². The van der Waals surface area contributed by atoms with Gasteiger partial charge in [0.15, 0.2) is 5.16 Å². The van der Waals surface area contributed by atoms with Gasteiger partial charge in [0.2, 0.25) is 5.78 Å². The summed E-state index contributed by atoms with van der Waals surface area (Å²) < 4.78 is 9.40. The molecular weight excluding hydrogens is 420 g/mol. The van der Waals surface area contributed by atoms with Crippen LogP contribution in [0.1, 0.15) is 12.5 Å². The molecule has 3 aromatic carbocycles. The van der Waals surface area contributed by atoms with Crippen molar-refractivity contribution in [3.05, 3.63) is 94.8 Å². The summed E-state index contributed by atoms with van der Waals surface area (Å²) in [6.07, 6.45) is 0.944. The molecule has 5 rings (SSSR count). The molecule has 0 fully saturated rings. The smallest absolute Gasteiger partial charge is 0.267 e. The number of rotatable bonds is 7. The monoisotopic (exact) mass is 442 g/mol. The van der Waals surface area contributed by atoms with E-state index in [0.29, 0.717) is 23.5 Å². The maximum absolute atomic E-state index is 13.4. The second kappa shape index (κ2) is 8.88. The van der Waals surface area contributed by atoms with Crippen LogP contribution in [0, 0.1) is 0 Å². The summed E-state index contributed by atoms with van der Waals surface area (Å²) in [5.74, 6) is 2.05. The van der Waals surface area contributed by atoms with Crippen LogP contribution in [0.25, 0.3) is 22.4 Å². The number of hydrogen-bond acceptors (Lipinski definition) is 5. The van der Waals surface area contributed by atoms with E-state index in [1.54, 1.807) is 16.3 Å². The summed E-state index contributed by atoms with van der Waals surface area (Å²) in [6.45, 7) is 2.65. The summed E-state index contributed by atoms with van der Waals surface area (Å²) in [4.78, 5) is 13.4. The third-order valence-electron chi connectivity index (χ3n) is 5.32. The molecule has 0 aliphatic carbocycles. The van der Waals surface area contributed by atoms with E-state index < -0.39 is 0 Å². The van der Waals surface area contributed by atoms with Gasteiger partial charge >= 0.3 is 0 Å². The molecule has 0 N–H and O–H groups in total. The van der Waals surface area contributed by atoms with E-state index in [1.807, 2.05) is 83.3 Å². The fourth-order valence-corrected chi connectivity index (χ4v) is 4.45. The Morgan fingerprint density at radius 2 is 1.66 bits per heavy atom. The molecule has 160 valence electrons. The quantitative estimate of drug-likeness (QED) is 0.268. The zero-order chi connectivity index (χ0) is 21.9. The summed E-state index contributed by atoms with van der Waals surface area (Å²) in [7, 11) is 0. The fraction of sp³-hybridized carbons (Fsp3) is 0.160. The lowest BCUT2D eigenvalue weighted by molar-refractivity contribution is 0.344. The van der Waals surface area contributed by atoms with Crippen molar-refractivity contribution >= 4 is 28.4 Å². The van der Waals surface area contributed by atoms with Crippen LogP contribution in [0.2, 0.25) is 0 Å². The van der Waals surface area contributed by atoms with Crippen LogP contribution < -0.4 is 10.3 Å². The highest BCUT2D eigenvalue weighted by Crippen LogP contribution is 2.23. The maximum Gasteiger partial charge on any atom is 0.267 e. The second-order valence-corrected chi connectivity index (χ2v) is 8.37. The maximum atomic E-state index is 13.4. The first-order valence-corrected chi connectivity index (χ1v) is 11.5. The molecule has 0 radical (unpaired) electrons. The Kier molecular flexibility index (Phi) is 5.64. The van der Waals surface area contributed by atoms with Crippen molar-refractivity contribution in [3.8, 4) is 11.4 Å². The van der Waals surface area contributed by atoms with Gasteiger partial charge in [-0.15, -0.1) is 10.2 Å². The third kappa shape index (κ3) is 3.76. The topological polar surface area (TPSA) is 61.4 Å². The van der Waals surface area contributed by atoms with E-state index in [4.69, 9.17) is 4.74 Å². The Balaban J connectivity index is 1.54. The third-order valence-corrected chi connectivity index (χ3v) is 6.22. The minimum atomic E-state index is -0.103. The highest BCUT2D eigenvalue weighted by Gasteiger charge is 2.17. The molecule has 0 amide bonds. The van der Waals surface area contributed by atoms with Crippen molar-refractivity contribution in [1.82, 2.24) is 19.2 Å². The zero-order valence-corrected chi connectivity index (χ0v) is 18.5. The fourth-order valence-electron chi connectivity index (χ4n) is 3.69. The Bertz CT molecular complexity index is 1430. The lowest BCUT2D eigenvalue weighted by Crippen LogP contribution is -2.21. The highest BCUT2D eigenvalue weighted by molar-refractivity contribution is 7.99. The molecule has 6 nitrogen and oxygen atoms in total. The van der Waals surface area contributed by atoms with Gasteiger partial charge in [-0.1, -0.05) is 61.2 Å².